The van der Waals surface area contributed by atoms with Crippen LogP contribution in [-0.2, 0) is 6.42 Å². The second kappa shape index (κ2) is 7.31. The third-order valence-electron chi connectivity index (χ3n) is 4.93. The van der Waals surface area contributed by atoms with Gasteiger partial charge in [-0.1, -0.05) is 18.7 Å². The van der Waals surface area contributed by atoms with E-state index in [9.17, 15) is 0 Å². The number of hydrazone groups is 1. The summed E-state index contributed by atoms with van der Waals surface area (Å²) in [5.74, 6) is 0.269. The molecule has 3 aromatic rings. The smallest absolute Gasteiger partial charge is 0.188 e. The zero-order valence-electron chi connectivity index (χ0n) is 16.1. The Balaban J connectivity index is 1.74. The van der Waals surface area contributed by atoms with E-state index < -0.39 is 0 Å². The highest BCUT2D eigenvalue weighted by Crippen LogP contribution is 2.31. The van der Waals surface area contributed by atoms with Crippen LogP contribution in [0, 0.1) is 0 Å². The molecule has 0 amide bonds. The average Bonchev–Trinajstić information content (AvgIpc) is 3.34. The first-order valence-corrected chi connectivity index (χ1v) is 10.5. The van der Waals surface area contributed by atoms with Gasteiger partial charge in [-0.3, -0.25) is 5.01 Å². The fraction of sp³-hybridized carbons (Fsp3) is 0.400. The van der Waals surface area contributed by atoms with Gasteiger partial charge >= 0.3 is 0 Å². The molecule has 6 nitrogen and oxygen atoms in total. The van der Waals surface area contributed by atoms with Gasteiger partial charge in [-0.05, 0) is 44.2 Å². The third kappa shape index (κ3) is 3.43. The summed E-state index contributed by atoms with van der Waals surface area (Å²) >= 11 is 1.57. The van der Waals surface area contributed by atoms with Crippen molar-refractivity contribution in [1.29, 1.82) is 0 Å². The monoisotopic (exact) mass is 380 g/mol. The average molecular weight is 381 g/mol. The fourth-order valence-corrected chi connectivity index (χ4v) is 3.71. The molecule has 1 unspecified atom stereocenters. The summed E-state index contributed by atoms with van der Waals surface area (Å²) < 4.78 is 0. The molecule has 0 saturated carbocycles. The molecule has 4 rings (SSSR count). The molecule has 1 aliphatic heterocycles. The van der Waals surface area contributed by atoms with Gasteiger partial charge in [0.1, 0.15) is 5.65 Å². The van der Waals surface area contributed by atoms with E-state index in [1.165, 1.54) is 5.56 Å². The first kappa shape index (κ1) is 18.0. The summed E-state index contributed by atoms with van der Waals surface area (Å²) in [5.41, 5.74) is 5.14. The van der Waals surface area contributed by atoms with Gasteiger partial charge in [0.2, 0.25) is 0 Å². The molecule has 7 heteroatoms. The summed E-state index contributed by atoms with van der Waals surface area (Å²) in [4.78, 5) is 17.2. The van der Waals surface area contributed by atoms with Crippen LogP contribution in [-0.4, -0.2) is 50.0 Å². The number of hydrogen-bond acceptors (Lipinski definition) is 6. The Kier molecular flexibility index (Phi) is 4.86. The molecule has 1 atom stereocenters. The normalized spacial score (nSPS) is 16.8. The van der Waals surface area contributed by atoms with E-state index >= 15 is 0 Å². The third-order valence-corrected chi connectivity index (χ3v) is 5.48. The lowest BCUT2D eigenvalue weighted by molar-refractivity contribution is 0.251. The lowest BCUT2D eigenvalue weighted by atomic mass is 10.0. The molecule has 0 radical (unpaired) electrons. The Bertz CT molecular complexity index is 971. The van der Waals surface area contributed by atoms with Crippen LogP contribution >= 0.6 is 11.8 Å². The van der Waals surface area contributed by atoms with Crippen molar-refractivity contribution >= 4 is 29.0 Å². The van der Waals surface area contributed by atoms with Crippen molar-refractivity contribution in [3.63, 3.8) is 0 Å². The Morgan fingerprint density at radius 3 is 2.85 bits per heavy atom. The molecular weight excluding hydrogens is 356 g/mol. The van der Waals surface area contributed by atoms with Crippen LogP contribution < -0.4 is 0 Å². The first-order valence-electron chi connectivity index (χ1n) is 9.29. The number of aromatic nitrogens is 4. The number of nitrogens with zero attached hydrogens (tertiary/aromatic N) is 5. The highest BCUT2D eigenvalue weighted by atomic mass is 32.2. The zero-order valence-corrected chi connectivity index (χ0v) is 16.9. The minimum atomic E-state index is 0.269. The van der Waals surface area contributed by atoms with E-state index in [1.807, 2.05) is 24.9 Å². The van der Waals surface area contributed by atoms with Crippen molar-refractivity contribution in [3.05, 3.63) is 35.8 Å². The van der Waals surface area contributed by atoms with Gasteiger partial charge in [0, 0.05) is 53.8 Å². The molecule has 0 aliphatic carbocycles. The van der Waals surface area contributed by atoms with Crippen molar-refractivity contribution in [2.75, 3.05) is 12.8 Å². The molecular formula is C20H24N6S. The number of aryl methyl sites for hydroxylation is 1. The van der Waals surface area contributed by atoms with Crippen LogP contribution in [0.2, 0.25) is 0 Å². The van der Waals surface area contributed by atoms with Gasteiger partial charge in [0.15, 0.2) is 5.16 Å². The number of thioether (sulfide) groups is 1. The number of aromatic amines is 1. The largest absolute Gasteiger partial charge is 0.345 e. The van der Waals surface area contributed by atoms with Gasteiger partial charge in [-0.2, -0.15) is 5.10 Å². The summed E-state index contributed by atoms with van der Waals surface area (Å²) in [6.07, 6.45) is 8.87. The maximum atomic E-state index is 4.72. The first-order chi connectivity index (χ1) is 13.1. The summed E-state index contributed by atoms with van der Waals surface area (Å²) in [6, 6.07) is 4.71. The molecule has 0 spiro atoms. The van der Waals surface area contributed by atoms with Gasteiger partial charge in [0.25, 0.3) is 0 Å². The van der Waals surface area contributed by atoms with Crippen molar-refractivity contribution in [2.24, 2.45) is 5.10 Å². The van der Waals surface area contributed by atoms with Crippen molar-refractivity contribution in [3.8, 4) is 11.3 Å². The van der Waals surface area contributed by atoms with E-state index in [0.29, 0.717) is 6.04 Å². The molecule has 27 heavy (non-hydrogen) atoms. The Hall–Kier alpha value is -2.41. The minimum Gasteiger partial charge on any atom is -0.345 e. The number of H-pyrrole nitrogens is 1. The molecule has 140 valence electrons. The molecule has 1 N–H and O–H groups in total. The molecule has 0 aromatic carbocycles. The van der Waals surface area contributed by atoms with E-state index in [1.54, 1.807) is 11.8 Å². The van der Waals surface area contributed by atoms with E-state index in [-0.39, 0.29) is 5.92 Å². The Morgan fingerprint density at radius 1 is 1.30 bits per heavy atom. The van der Waals surface area contributed by atoms with Gasteiger partial charge in [0.05, 0.1) is 5.69 Å². The Morgan fingerprint density at radius 2 is 2.15 bits per heavy atom. The number of rotatable bonds is 5. The zero-order chi connectivity index (χ0) is 19.0. The van der Waals surface area contributed by atoms with Gasteiger partial charge in [-0.25, -0.2) is 15.0 Å². The van der Waals surface area contributed by atoms with Crippen LogP contribution in [0.1, 0.15) is 37.9 Å². The predicted molar refractivity (Wildman–Crippen MR) is 111 cm³/mol. The second-order valence-corrected chi connectivity index (χ2v) is 7.81. The van der Waals surface area contributed by atoms with Crippen LogP contribution in [0.25, 0.3) is 22.3 Å². The number of fused-ring (bicyclic) bond motifs is 1. The number of hydrogen-bond donors (Lipinski definition) is 1. The van der Waals surface area contributed by atoms with E-state index in [4.69, 9.17) is 4.98 Å². The molecule has 4 heterocycles. The molecule has 3 aromatic heterocycles. The van der Waals surface area contributed by atoms with Crippen LogP contribution in [0.15, 0.2) is 34.8 Å². The number of nitrogens with one attached hydrogen (secondary N) is 1. The van der Waals surface area contributed by atoms with Crippen molar-refractivity contribution in [1.82, 2.24) is 24.9 Å². The quantitative estimate of drug-likeness (QED) is 0.533. The molecule has 0 fully saturated rings. The maximum Gasteiger partial charge on any atom is 0.188 e. The Labute approximate surface area is 163 Å². The highest BCUT2D eigenvalue weighted by molar-refractivity contribution is 7.98. The lowest BCUT2D eigenvalue weighted by Crippen LogP contribution is -2.24. The fourth-order valence-electron chi connectivity index (χ4n) is 3.32. The predicted octanol–water partition coefficient (Wildman–Crippen LogP) is 4.10. The molecule has 0 saturated heterocycles. The van der Waals surface area contributed by atoms with E-state index in [2.05, 4.69) is 58.0 Å². The number of pyridine rings is 1. The van der Waals surface area contributed by atoms with E-state index in [0.717, 1.165) is 46.1 Å². The minimum absolute atomic E-state index is 0.269. The van der Waals surface area contributed by atoms with Crippen LogP contribution in [0.4, 0.5) is 0 Å². The lowest BCUT2D eigenvalue weighted by Gasteiger charge is -2.19. The van der Waals surface area contributed by atoms with Crippen molar-refractivity contribution < 1.29 is 0 Å². The second-order valence-electron chi connectivity index (χ2n) is 7.04. The highest BCUT2D eigenvalue weighted by Gasteiger charge is 2.22. The van der Waals surface area contributed by atoms with Gasteiger partial charge < -0.3 is 4.98 Å². The van der Waals surface area contributed by atoms with Crippen molar-refractivity contribution in [2.45, 2.75) is 44.3 Å². The summed E-state index contributed by atoms with van der Waals surface area (Å²) in [6.45, 7) is 7.34. The van der Waals surface area contributed by atoms with Crippen LogP contribution in [0.5, 0.6) is 0 Å². The summed E-state index contributed by atoms with van der Waals surface area (Å²) in [7, 11) is 0. The van der Waals surface area contributed by atoms with Gasteiger partial charge in [-0.15, -0.1) is 0 Å². The maximum absolute atomic E-state index is 4.72. The van der Waals surface area contributed by atoms with Crippen LogP contribution in [0.3, 0.4) is 0 Å². The summed E-state index contributed by atoms with van der Waals surface area (Å²) in [5, 5.41) is 8.55. The molecule has 0 bridgehead atoms. The molecule has 1 aliphatic rings. The topological polar surface area (TPSA) is 70.1 Å². The SMILES string of the molecule is CCc1cc(-c2c[nH]c3ncc(C4C=NN(C(C)C)C4)cc23)nc(SC)n1. The standard InChI is InChI=1S/C20H24N6S/c1-5-15-7-18(25-20(24-15)27-4)17-10-22-19-16(17)6-13(8-21-19)14-9-23-26(11-14)12(2)3/h6-10,12,14H,5,11H2,1-4H3,(H,21,22).